The van der Waals surface area contributed by atoms with Gasteiger partial charge < -0.3 is 20.7 Å². The Hall–Kier alpha value is -2.74. The van der Waals surface area contributed by atoms with Crippen molar-refractivity contribution in [2.24, 2.45) is 17.6 Å². The minimum absolute atomic E-state index is 0.135. The Bertz CT molecular complexity index is 765. The summed E-state index contributed by atoms with van der Waals surface area (Å²) in [6.45, 7) is 5.79. The molecule has 8 nitrogen and oxygen atoms in total. The highest BCUT2D eigenvalue weighted by molar-refractivity contribution is 6.01. The highest BCUT2D eigenvalue weighted by atomic mass is 16.5. The maximum absolute atomic E-state index is 13.2. The van der Waals surface area contributed by atoms with E-state index in [1.807, 2.05) is 20.8 Å². The average Bonchev–Trinajstić information content (AvgIpc) is 3.08. The van der Waals surface area contributed by atoms with Gasteiger partial charge in [0.15, 0.2) is 11.9 Å². The molecule has 158 valence electrons. The van der Waals surface area contributed by atoms with E-state index in [1.165, 1.54) is 11.9 Å². The highest BCUT2D eigenvalue weighted by Gasteiger charge is 2.45. The van der Waals surface area contributed by atoms with Gasteiger partial charge in [-0.05, 0) is 30.4 Å². The van der Waals surface area contributed by atoms with Gasteiger partial charge in [-0.1, -0.05) is 39.0 Å². The fourth-order valence-electron chi connectivity index (χ4n) is 3.25. The number of nitrogens with zero attached hydrogens (tertiary/aromatic N) is 1. The molecule has 0 spiro atoms. The summed E-state index contributed by atoms with van der Waals surface area (Å²) >= 11 is 0. The lowest BCUT2D eigenvalue weighted by atomic mass is 9.90. The van der Waals surface area contributed by atoms with Crippen LogP contribution in [0.5, 0.6) is 0 Å². The van der Waals surface area contributed by atoms with E-state index >= 15 is 0 Å². The molecule has 1 heterocycles. The van der Waals surface area contributed by atoms with Gasteiger partial charge in [0.1, 0.15) is 18.7 Å². The minimum atomic E-state index is -1.19. The molecule has 1 aliphatic rings. The number of Topliss-reactive ketones (excluding diaryl/α,β-unsaturated/α-hetero) is 1. The highest BCUT2D eigenvalue weighted by Crippen LogP contribution is 2.21. The van der Waals surface area contributed by atoms with Crippen LogP contribution >= 0.6 is 0 Å². The molecular formula is C21H29N3O5. The third-order valence-corrected chi connectivity index (χ3v) is 5.45. The van der Waals surface area contributed by atoms with Crippen molar-refractivity contribution in [1.29, 1.82) is 0 Å². The smallest absolute Gasteiger partial charge is 0.251 e. The molecule has 2 rings (SSSR count). The maximum Gasteiger partial charge on any atom is 0.251 e. The van der Waals surface area contributed by atoms with E-state index in [1.54, 1.807) is 30.3 Å². The van der Waals surface area contributed by atoms with Crippen LogP contribution in [0.3, 0.4) is 0 Å². The van der Waals surface area contributed by atoms with E-state index in [0.29, 0.717) is 17.9 Å². The van der Waals surface area contributed by atoms with Gasteiger partial charge in [-0.25, -0.2) is 0 Å². The molecule has 1 aromatic carbocycles. The van der Waals surface area contributed by atoms with Crippen LogP contribution in [0.4, 0.5) is 0 Å². The van der Waals surface area contributed by atoms with Gasteiger partial charge in [-0.2, -0.15) is 0 Å². The largest absolute Gasteiger partial charge is 0.367 e. The summed E-state index contributed by atoms with van der Waals surface area (Å²) in [6, 6.07) is 6.64. The Morgan fingerprint density at radius 2 is 1.83 bits per heavy atom. The number of carbonyl (C=O) groups excluding carboxylic acids is 4. The first-order chi connectivity index (χ1) is 13.6. The number of nitrogens with one attached hydrogen (secondary N) is 1. The van der Waals surface area contributed by atoms with Gasteiger partial charge in [0.05, 0.1) is 0 Å². The van der Waals surface area contributed by atoms with Crippen molar-refractivity contribution in [2.45, 2.75) is 45.4 Å². The summed E-state index contributed by atoms with van der Waals surface area (Å²) in [6.07, 6.45) is -0.799. The fraction of sp³-hybridized carbons (Fsp3) is 0.524. The zero-order chi connectivity index (χ0) is 21.7. The van der Waals surface area contributed by atoms with Crippen LogP contribution in [-0.2, 0) is 19.1 Å². The number of hydrogen-bond donors (Lipinski definition) is 2. The molecule has 0 radical (unpaired) electrons. The summed E-state index contributed by atoms with van der Waals surface area (Å²) in [5.74, 6) is -1.61. The molecule has 3 unspecified atom stereocenters. The molecule has 1 aliphatic heterocycles. The van der Waals surface area contributed by atoms with Gasteiger partial charge >= 0.3 is 0 Å². The summed E-state index contributed by atoms with van der Waals surface area (Å²) in [7, 11) is 1.43. The maximum atomic E-state index is 13.2. The molecule has 1 fully saturated rings. The first kappa shape index (κ1) is 22.5. The van der Waals surface area contributed by atoms with Crippen LogP contribution < -0.4 is 11.1 Å². The normalized spacial score (nSPS) is 20.9. The Balaban J connectivity index is 2.24. The number of carbonyl (C=O) groups is 4. The molecule has 0 aromatic heterocycles. The first-order valence-corrected chi connectivity index (χ1v) is 9.69. The second-order valence-electron chi connectivity index (χ2n) is 7.84. The molecule has 3 N–H and O–H groups in total. The number of rotatable bonds is 8. The Morgan fingerprint density at radius 1 is 1.21 bits per heavy atom. The van der Waals surface area contributed by atoms with Crippen molar-refractivity contribution in [2.75, 3.05) is 13.7 Å². The van der Waals surface area contributed by atoms with E-state index in [-0.39, 0.29) is 18.4 Å². The van der Waals surface area contributed by atoms with E-state index in [2.05, 4.69) is 5.32 Å². The Labute approximate surface area is 170 Å². The van der Waals surface area contributed by atoms with Crippen molar-refractivity contribution < 1.29 is 23.9 Å². The molecule has 3 amide bonds. The van der Waals surface area contributed by atoms with Crippen LogP contribution in [0.1, 0.15) is 37.6 Å². The summed E-state index contributed by atoms with van der Waals surface area (Å²) in [4.78, 5) is 50.9. The number of ketones is 1. The molecule has 1 aromatic rings. The number of likely N-dealkylation sites (N-methyl/N-ethyl adjacent to an activating group) is 1. The standard InChI is InChI=1S/C21H29N3O5/c1-12(2)13(3)10-15(23-20(27)14-8-6-5-7-9-14)21(28)24(4)17-16(25)11-29-18(17)19(22)26/h5-9,12-13,15,17-18H,10-11H2,1-4H3,(H2,22,26)(H,23,27)/t13?,15?,17?,18-/m0/s1. The summed E-state index contributed by atoms with van der Waals surface area (Å²) in [5, 5.41) is 2.78. The van der Waals surface area contributed by atoms with Crippen molar-refractivity contribution >= 4 is 23.5 Å². The second kappa shape index (κ2) is 9.65. The quantitative estimate of drug-likeness (QED) is 0.664. The molecule has 1 saturated heterocycles. The Morgan fingerprint density at radius 3 is 2.38 bits per heavy atom. The van der Waals surface area contributed by atoms with Crippen molar-refractivity contribution in [1.82, 2.24) is 10.2 Å². The van der Waals surface area contributed by atoms with Crippen LogP contribution in [0.2, 0.25) is 0 Å². The van der Waals surface area contributed by atoms with Gasteiger partial charge in [0.2, 0.25) is 11.8 Å². The lowest BCUT2D eigenvalue weighted by molar-refractivity contribution is -0.141. The number of benzene rings is 1. The van der Waals surface area contributed by atoms with Gasteiger partial charge in [-0.15, -0.1) is 0 Å². The van der Waals surface area contributed by atoms with Crippen molar-refractivity contribution in [3.05, 3.63) is 35.9 Å². The van der Waals surface area contributed by atoms with Crippen molar-refractivity contribution in [3.8, 4) is 0 Å². The van der Waals surface area contributed by atoms with Crippen LogP contribution in [0, 0.1) is 11.8 Å². The predicted octanol–water partition coefficient (Wildman–Crippen LogP) is 0.747. The zero-order valence-electron chi connectivity index (χ0n) is 17.3. The number of nitrogens with two attached hydrogens (primary N) is 1. The molecule has 0 saturated carbocycles. The second-order valence-corrected chi connectivity index (χ2v) is 7.84. The minimum Gasteiger partial charge on any atom is -0.367 e. The number of hydrogen-bond acceptors (Lipinski definition) is 5. The monoisotopic (exact) mass is 403 g/mol. The molecular weight excluding hydrogens is 374 g/mol. The Kier molecular flexibility index (Phi) is 7.50. The van der Waals surface area contributed by atoms with E-state index in [9.17, 15) is 19.2 Å². The predicted molar refractivity (Wildman–Crippen MR) is 107 cm³/mol. The van der Waals surface area contributed by atoms with Crippen LogP contribution in [0.15, 0.2) is 30.3 Å². The lowest BCUT2D eigenvalue weighted by Crippen LogP contribution is -2.56. The van der Waals surface area contributed by atoms with Gasteiger partial charge in [0, 0.05) is 12.6 Å². The average molecular weight is 403 g/mol. The van der Waals surface area contributed by atoms with Crippen LogP contribution in [0.25, 0.3) is 0 Å². The summed E-state index contributed by atoms with van der Waals surface area (Å²) in [5.41, 5.74) is 5.75. The van der Waals surface area contributed by atoms with E-state index in [0.717, 1.165) is 0 Å². The van der Waals surface area contributed by atoms with Crippen LogP contribution in [-0.4, -0.2) is 60.2 Å². The van der Waals surface area contributed by atoms with E-state index in [4.69, 9.17) is 10.5 Å². The lowest BCUT2D eigenvalue weighted by Gasteiger charge is -2.31. The topological polar surface area (TPSA) is 119 Å². The van der Waals surface area contributed by atoms with Gasteiger partial charge in [0.25, 0.3) is 5.91 Å². The molecule has 0 aliphatic carbocycles. The summed E-state index contributed by atoms with van der Waals surface area (Å²) < 4.78 is 5.15. The number of ether oxygens (including phenoxy) is 1. The SMILES string of the molecule is CC(C)C(C)CC(NC(=O)c1ccccc1)C(=O)N(C)C1C(=O)CO[C@@H]1C(N)=O. The third kappa shape index (κ3) is 5.41. The molecule has 29 heavy (non-hydrogen) atoms. The van der Waals surface area contributed by atoms with Gasteiger partial charge in [-0.3, -0.25) is 19.2 Å². The molecule has 8 heteroatoms. The number of primary amides is 1. The third-order valence-electron chi connectivity index (χ3n) is 5.45. The molecule has 0 bridgehead atoms. The zero-order valence-corrected chi connectivity index (χ0v) is 17.3. The first-order valence-electron chi connectivity index (χ1n) is 9.69. The number of amides is 3. The van der Waals surface area contributed by atoms with E-state index < -0.39 is 35.8 Å². The molecule has 4 atom stereocenters. The van der Waals surface area contributed by atoms with Crippen molar-refractivity contribution in [3.63, 3.8) is 0 Å². The fourth-order valence-corrected chi connectivity index (χ4v) is 3.25.